The summed E-state index contributed by atoms with van der Waals surface area (Å²) < 4.78 is 13.0. The van der Waals surface area contributed by atoms with E-state index in [-0.39, 0.29) is 6.04 Å². The highest BCUT2D eigenvalue weighted by atomic mass is 16.5. The Morgan fingerprint density at radius 2 is 1.92 bits per heavy atom. The molecule has 0 radical (unpaired) electrons. The van der Waals surface area contributed by atoms with Gasteiger partial charge in [-0.15, -0.1) is 0 Å². The van der Waals surface area contributed by atoms with Crippen molar-refractivity contribution >= 4 is 11.0 Å². The average Bonchev–Trinajstić information content (AvgIpc) is 3.02. The number of benzene rings is 2. The first-order chi connectivity index (χ1) is 12.2. The number of imidazole rings is 1. The molecule has 3 rings (SSSR count). The van der Waals surface area contributed by atoms with Crippen LogP contribution in [0.1, 0.15) is 31.3 Å². The number of hydrogen-bond acceptors (Lipinski definition) is 4. The zero-order valence-corrected chi connectivity index (χ0v) is 15.2. The molecule has 5 nitrogen and oxygen atoms in total. The molecular formula is C20H25N3O2. The Bertz CT molecular complexity index is 857. The van der Waals surface area contributed by atoms with Gasteiger partial charge in [0.25, 0.3) is 0 Å². The Hall–Kier alpha value is -2.53. The highest BCUT2D eigenvalue weighted by molar-refractivity contribution is 5.75. The van der Waals surface area contributed by atoms with Crippen molar-refractivity contribution in [3.63, 3.8) is 0 Å². The lowest BCUT2D eigenvalue weighted by molar-refractivity contribution is 0.385. The van der Waals surface area contributed by atoms with Gasteiger partial charge in [-0.3, -0.25) is 0 Å². The number of hydrogen-bond donors (Lipinski definition) is 1. The summed E-state index contributed by atoms with van der Waals surface area (Å²) in [5.41, 5.74) is 3.31. The molecule has 0 saturated heterocycles. The highest BCUT2D eigenvalue weighted by Crippen LogP contribution is 2.29. The number of nitrogens with zero attached hydrogens (tertiary/aromatic N) is 2. The number of methoxy groups -OCH3 is 2. The van der Waals surface area contributed by atoms with E-state index in [9.17, 15) is 0 Å². The maximum atomic E-state index is 5.51. The monoisotopic (exact) mass is 339 g/mol. The van der Waals surface area contributed by atoms with Crippen LogP contribution in [0.25, 0.3) is 11.0 Å². The topological polar surface area (TPSA) is 48.3 Å². The number of rotatable bonds is 7. The van der Waals surface area contributed by atoms with Crippen LogP contribution in [0.3, 0.4) is 0 Å². The third-order valence-electron chi connectivity index (χ3n) is 4.52. The molecule has 2 aromatic carbocycles. The van der Waals surface area contributed by atoms with Crippen LogP contribution in [0.15, 0.2) is 42.5 Å². The smallest absolute Gasteiger partial charge is 0.127 e. The van der Waals surface area contributed by atoms with Crippen LogP contribution in [0.2, 0.25) is 0 Å². The van der Waals surface area contributed by atoms with E-state index < -0.39 is 0 Å². The molecule has 0 spiro atoms. The molecule has 0 amide bonds. The summed E-state index contributed by atoms with van der Waals surface area (Å²) in [6, 6.07) is 14.3. The Kier molecular flexibility index (Phi) is 5.24. The van der Waals surface area contributed by atoms with Crippen LogP contribution < -0.4 is 14.8 Å². The van der Waals surface area contributed by atoms with Crippen LogP contribution in [-0.4, -0.2) is 23.8 Å². The minimum atomic E-state index is 0.131. The van der Waals surface area contributed by atoms with Gasteiger partial charge in [0.15, 0.2) is 0 Å². The predicted molar refractivity (Wildman–Crippen MR) is 100 cm³/mol. The number of aromatic nitrogens is 2. The Balaban J connectivity index is 1.80. The quantitative estimate of drug-likeness (QED) is 0.709. The van der Waals surface area contributed by atoms with Gasteiger partial charge in [0.2, 0.25) is 0 Å². The predicted octanol–water partition coefficient (Wildman–Crippen LogP) is 3.92. The molecule has 0 unspecified atom stereocenters. The maximum absolute atomic E-state index is 5.51. The molecule has 5 heteroatoms. The fourth-order valence-electron chi connectivity index (χ4n) is 3.14. The summed E-state index contributed by atoms with van der Waals surface area (Å²) in [5.74, 6) is 2.66. The van der Waals surface area contributed by atoms with Gasteiger partial charge in [-0.1, -0.05) is 18.2 Å². The van der Waals surface area contributed by atoms with Crippen molar-refractivity contribution in [1.29, 1.82) is 0 Å². The van der Waals surface area contributed by atoms with Crippen molar-refractivity contribution < 1.29 is 9.47 Å². The molecule has 0 aliphatic carbocycles. The standard InChI is InChI=1S/C20H25N3O2/c1-5-23-18-9-7-6-8-17(18)22-20(23)13-21-14(2)16-11-10-15(24-3)12-19(16)25-4/h6-12,14,21H,5,13H2,1-4H3/t14-/m1/s1. The molecule has 0 aliphatic heterocycles. The number of nitrogens with one attached hydrogen (secondary N) is 1. The van der Waals surface area contributed by atoms with Gasteiger partial charge in [-0.2, -0.15) is 0 Å². The van der Waals surface area contributed by atoms with Gasteiger partial charge >= 0.3 is 0 Å². The molecule has 1 atom stereocenters. The molecular weight excluding hydrogens is 314 g/mol. The second-order valence-electron chi connectivity index (χ2n) is 5.97. The molecule has 1 aromatic heterocycles. The van der Waals surface area contributed by atoms with E-state index in [4.69, 9.17) is 14.5 Å². The number of aryl methyl sites for hydroxylation is 1. The molecule has 25 heavy (non-hydrogen) atoms. The third kappa shape index (κ3) is 3.46. The molecule has 1 N–H and O–H groups in total. The minimum Gasteiger partial charge on any atom is -0.497 e. The van der Waals surface area contributed by atoms with E-state index >= 15 is 0 Å². The molecule has 0 aliphatic rings. The van der Waals surface area contributed by atoms with E-state index in [1.807, 2.05) is 24.3 Å². The van der Waals surface area contributed by atoms with Gasteiger partial charge in [-0.25, -0.2) is 4.98 Å². The summed E-state index contributed by atoms with van der Waals surface area (Å²) in [6.45, 7) is 5.87. The van der Waals surface area contributed by atoms with E-state index in [0.29, 0.717) is 6.54 Å². The van der Waals surface area contributed by atoms with Crippen molar-refractivity contribution in [3.05, 3.63) is 53.9 Å². The number of ether oxygens (including phenoxy) is 2. The van der Waals surface area contributed by atoms with Crippen LogP contribution >= 0.6 is 0 Å². The van der Waals surface area contributed by atoms with Crippen molar-refractivity contribution in [2.75, 3.05) is 14.2 Å². The fourth-order valence-corrected chi connectivity index (χ4v) is 3.14. The third-order valence-corrected chi connectivity index (χ3v) is 4.52. The SMILES string of the molecule is CCn1c(CN[C@H](C)c2ccc(OC)cc2OC)nc2ccccc21. The Morgan fingerprint density at radius 1 is 1.12 bits per heavy atom. The first kappa shape index (κ1) is 17.3. The fraction of sp³-hybridized carbons (Fsp3) is 0.350. The second kappa shape index (κ2) is 7.57. The Morgan fingerprint density at radius 3 is 2.64 bits per heavy atom. The van der Waals surface area contributed by atoms with Crippen molar-refractivity contribution in [2.45, 2.75) is 33.0 Å². The van der Waals surface area contributed by atoms with Crippen LogP contribution in [0.5, 0.6) is 11.5 Å². The first-order valence-electron chi connectivity index (χ1n) is 8.57. The van der Waals surface area contributed by atoms with E-state index in [0.717, 1.165) is 34.9 Å². The summed E-state index contributed by atoms with van der Waals surface area (Å²) in [4.78, 5) is 4.77. The summed E-state index contributed by atoms with van der Waals surface area (Å²) in [6.07, 6.45) is 0. The maximum Gasteiger partial charge on any atom is 0.127 e. The summed E-state index contributed by atoms with van der Waals surface area (Å²) >= 11 is 0. The molecule has 0 bridgehead atoms. The molecule has 132 valence electrons. The van der Waals surface area contributed by atoms with Gasteiger partial charge in [0.05, 0.1) is 31.8 Å². The lowest BCUT2D eigenvalue weighted by Gasteiger charge is -2.18. The molecule has 3 aromatic rings. The van der Waals surface area contributed by atoms with E-state index in [2.05, 4.69) is 41.9 Å². The summed E-state index contributed by atoms with van der Waals surface area (Å²) in [7, 11) is 3.34. The number of para-hydroxylation sites is 2. The second-order valence-corrected chi connectivity index (χ2v) is 5.97. The van der Waals surface area contributed by atoms with E-state index in [1.165, 1.54) is 5.52 Å². The van der Waals surface area contributed by atoms with E-state index in [1.54, 1.807) is 14.2 Å². The number of fused-ring (bicyclic) bond motifs is 1. The van der Waals surface area contributed by atoms with Crippen LogP contribution in [-0.2, 0) is 13.1 Å². The van der Waals surface area contributed by atoms with Crippen molar-refractivity contribution in [3.8, 4) is 11.5 Å². The van der Waals surface area contributed by atoms with Crippen LogP contribution in [0, 0.1) is 0 Å². The van der Waals surface area contributed by atoms with Crippen LogP contribution in [0.4, 0.5) is 0 Å². The first-order valence-corrected chi connectivity index (χ1v) is 8.57. The normalized spacial score (nSPS) is 12.3. The average molecular weight is 339 g/mol. The van der Waals surface area contributed by atoms with Gasteiger partial charge < -0.3 is 19.4 Å². The zero-order valence-electron chi connectivity index (χ0n) is 15.2. The van der Waals surface area contributed by atoms with Crippen molar-refractivity contribution in [2.24, 2.45) is 0 Å². The minimum absolute atomic E-state index is 0.131. The zero-order chi connectivity index (χ0) is 17.8. The lowest BCUT2D eigenvalue weighted by Crippen LogP contribution is -2.21. The Labute approximate surface area is 148 Å². The lowest BCUT2D eigenvalue weighted by atomic mass is 10.1. The van der Waals surface area contributed by atoms with Gasteiger partial charge in [0.1, 0.15) is 17.3 Å². The van der Waals surface area contributed by atoms with Gasteiger partial charge in [-0.05, 0) is 32.0 Å². The molecule has 0 saturated carbocycles. The molecule has 1 heterocycles. The van der Waals surface area contributed by atoms with Gasteiger partial charge in [0, 0.05) is 24.2 Å². The van der Waals surface area contributed by atoms with Crippen molar-refractivity contribution in [1.82, 2.24) is 14.9 Å². The largest absolute Gasteiger partial charge is 0.497 e. The molecule has 0 fully saturated rings. The highest BCUT2D eigenvalue weighted by Gasteiger charge is 2.14. The summed E-state index contributed by atoms with van der Waals surface area (Å²) in [5, 5.41) is 3.56.